The molecule has 0 aliphatic heterocycles. The van der Waals surface area contributed by atoms with Gasteiger partial charge >= 0.3 is 0 Å². The summed E-state index contributed by atoms with van der Waals surface area (Å²) in [5.74, 6) is 0.699. The fourth-order valence-electron chi connectivity index (χ4n) is 1.97. The van der Waals surface area contributed by atoms with Crippen molar-refractivity contribution in [3.63, 3.8) is 0 Å². The van der Waals surface area contributed by atoms with E-state index in [2.05, 4.69) is 20.3 Å². The predicted molar refractivity (Wildman–Crippen MR) is 80.2 cm³/mol. The molecule has 0 amide bonds. The Kier molecular flexibility index (Phi) is 3.37. The number of nitrogens with zero attached hydrogens (tertiary/aromatic N) is 3. The molecule has 3 rings (SSSR count). The lowest BCUT2D eigenvalue weighted by Crippen LogP contribution is -1.94. The van der Waals surface area contributed by atoms with Gasteiger partial charge in [0.2, 0.25) is 0 Å². The van der Waals surface area contributed by atoms with Gasteiger partial charge in [0.25, 0.3) is 0 Å². The quantitative estimate of drug-likeness (QED) is 0.787. The van der Waals surface area contributed by atoms with Crippen molar-refractivity contribution in [2.75, 3.05) is 12.4 Å². The van der Waals surface area contributed by atoms with Crippen molar-refractivity contribution in [2.24, 2.45) is 0 Å². The summed E-state index contributed by atoms with van der Waals surface area (Å²) in [5.41, 5.74) is 3.69. The number of benzene rings is 1. The molecular formula is C16H14N4. The van der Waals surface area contributed by atoms with Crippen LogP contribution in [0, 0.1) is 0 Å². The van der Waals surface area contributed by atoms with E-state index in [-0.39, 0.29) is 0 Å². The summed E-state index contributed by atoms with van der Waals surface area (Å²) in [7, 11) is 1.89. The largest absolute Gasteiger partial charge is 0.388 e. The Morgan fingerprint density at radius 3 is 2.60 bits per heavy atom. The van der Waals surface area contributed by atoms with Gasteiger partial charge in [0.15, 0.2) is 5.82 Å². The minimum Gasteiger partial charge on any atom is -0.388 e. The van der Waals surface area contributed by atoms with Gasteiger partial charge in [-0.25, -0.2) is 9.97 Å². The van der Waals surface area contributed by atoms with E-state index in [4.69, 9.17) is 0 Å². The molecule has 1 aromatic carbocycles. The Morgan fingerprint density at radius 2 is 1.80 bits per heavy atom. The van der Waals surface area contributed by atoms with Gasteiger partial charge in [-0.1, -0.05) is 18.2 Å². The lowest BCUT2D eigenvalue weighted by Gasteiger charge is -2.05. The van der Waals surface area contributed by atoms with Crippen LogP contribution in [0.3, 0.4) is 0 Å². The minimum atomic E-state index is 0.699. The molecule has 0 saturated heterocycles. The van der Waals surface area contributed by atoms with Crippen LogP contribution in [-0.4, -0.2) is 22.0 Å². The maximum Gasteiger partial charge on any atom is 0.159 e. The smallest absolute Gasteiger partial charge is 0.159 e. The molecule has 0 aliphatic carbocycles. The van der Waals surface area contributed by atoms with E-state index >= 15 is 0 Å². The van der Waals surface area contributed by atoms with Crippen molar-refractivity contribution in [2.45, 2.75) is 0 Å². The van der Waals surface area contributed by atoms with Gasteiger partial charge in [0.1, 0.15) is 0 Å². The van der Waals surface area contributed by atoms with Gasteiger partial charge < -0.3 is 5.32 Å². The van der Waals surface area contributed by atoms with Crippen LogP contribution in [0.5, 0.6) is 0 Å². The Balaban J connectivity index is 2.03. The lowest BCUT2D eigenvalue weighted by molar-refractivity contribution is 1.16. The summed E-state index contributed by atoms with van der Waals surface area (Å²) < 4.78 is 0. The summed E-state index contributed by atoms with van der Waals surface area (Å²) in [6, 6.07) is 15.7. The second kappa shape index (κ2) is 5.48. The van der Waals surface area contributed by atoms with E-state index < -0.39 is 0 Å². The number of hydrogen-bond acceptors (Lipinski definition) is 4. The summed E-state index contributed by atoms with van der Waals surface area (Å²) >= 11 is 0. The van der Waals surface area contributed by atoms with E-state index in [0.717, 1.165) is 22.6 Å². The fourth-order valence-corrected chi connectivity index (χ4v) is 1.97. The molecule has 0 radical (unpaired) electrons. The van der Waals surface area contributed by atoms with Gasteiger partial charge in [-0.3, -0.25) is 4.98 Å². The first kappa shape index (κ1) is 12.3. The van der Waals surface area contributed by atoms with Crippen molar-refractivity contribution < 1.29 is 0 Å². The highest BCUT2D eigenvalue weighted by Crippen LogP contribution is 2.21. The standard InChI is InChI=1S/C16H14N4/c1-17-13-6-4-5-12(11-13)16-19-10-8-15(20-16)14-7-2-3-9-18-14/h2-11,17H,1H3. The van der Waals surface area contributed by atoms with Gasteiger partial charge in [-0.05, 0) is 30.3 Å². The van der Waals surface area contributed by atoms with Gasteiger partial charge in [-0.2, -0.15) is 0 Å². The minimum absolute atomic E-state index is 0.699. The zero-order valence-corrected chi connectivity index (χ0v) is 11.1. The second-order valence-electron chi connectivity index (χ2n) is 4.31. The summed E-state index contributed by atoms with van der Waals surface area (Å²) in [4.78, 5) is 13.2. The van der Waals surface area contributed by atoms with Crippen molar-refractivity contribution >= 4 is 5.69 Å². The molecule has 2 aromatic heterocycles. The number of rotatable bonds is 3. The Bertz CT molecular complexity index is 710. The zero-order chi connectivity index (χ0) is 13.8. The predicted octanol–water partition coefficient (Wildman–Crippen LogP) is 3.25. The number of aromatic nitrogens is 3. The monoisotopic (exact) mass is 262 g/mol. The normalized spacial score (nSPS) is 10.2. The average molecular weight is 262 g/mol. The van der Waals surface area contributed by atoms with E-state index in [1.165, 1.54) is 0 Å². The number of anilines is 1. The zero-order valence-electron chi connectivity index (χ0n) is 11.1. The van der Waals surface area contributed by atoms with Crippen LogP contribution < -0.4 is 5.32 Å². The Hall–Kier alpha value is -2.75. The maximum absolute atomic E-state index is 4.59. The van der Waals surface area contributed by atoms with Crippen molar-refractivity contribution in [3.8, 4) is 22.8 Å². The molecule has 4 nitrogen and oxygen atoms in total. The lowest BCUT2D eigenvalue weighted by atomic mass is 10.2. The summed E-state index contributed by atoms with van der Waals surface area (Å²) in [6.45, 7) is 0. The first-order valence-corrected chi connectivity index (χ1v) is 6.39. The molecule has 0 saturated carbocycles. The Labute approximate surface area is 117 Å². The molecule has 0 atom stereocenters. The topological polar surface area (TPSA) is 50.7 Å². The number of nitrogens with one attached hydrogen (secondary N) is 1. The van der Waals surface area contributed by atoms with Gasteiger partial charge in [0.05, 0.1) is 11.4 Å². The molecule has 98 valence electrons. The molecule has 0 aliphatic rings. The Morgan fingerprint density at radius 1 is 0.850 bits per heavy atom. The van der Waals surface area contributed by atoms with E-state index in [1.807, 2.05) is 55.6 Å². The van der Waals surface area contributed by atoms with Crippen LogP contribution >= 0.6 is 0 Å². The molecule has 0 bridgehead atoms. The van der Waals surface area contributed by atoms with Crippen molar-refractivity contribution in [3.05, 3.63) is 60.9 Å². The summed E-state index contributed by atoms with van der Waals surface area (Å²) in [6.07, 6.45) is 3.52. The second-order valence-corrected chi connectivity index (χ2v) is 4.31. The average Bonchev–Trinajstić information content (AvgIpc) is 2.56. The molecule has 0 fully saturated rings. The molecule has 0 spiro atoms. The molecule has 20 heavy (non-hydrogen) atoms. The van der Waals surface area contributed by atoms with E-state index in [0.29, 0.717) is 5.82 Å². The highest BCUT2D eigenvalue weighted by Gasteiger charge is 2.05. The van der Waals surface area contributed by atoms with E-state index in [9.17, 15) is 0 Å². The van der Waals surface area contributed by atoms with Gasteiger partial charge in [0, 0.05) is 30.7 Å². The first-order chi connectivity index (χ1) is 9.86. The third-order valence-corrected chi connectivity index (χ3v) is 2.99. The number of hydrogen-bond donors (Lipinski definition) is 1. The molecule has 3 aromatic rings. The van der Waals surface area contributed by atoms with Crippen molar-refractivity contribution in [1.82, 2.24) is 15.0 Å². The van der Waals surface area contributed by atoms with E-state index in [1.54, 1.807) is 12.4 Å². The third kappa shape index (κ3) is 2.49. The van der Waals surface area contributed by atoms with Crippen LogP contribution in [0.15, 0.2) is 60.9 Å². The maximum atomic E-state index is 4.59. The summed E-state index contributed by atoms with van der Waals surface area (Å²) in [5, 5.41) is 3.12. The SMILES string of the molecule is CNc1cccc(-c2nccc(-c3ccccn3)n2)c1. The van der Waals surface area contributed by atoms with Gasteiger partial charge in [-0.15, -0.1) is 0 Å². The van der Waals surface area contributed by atoms with Crippen LogP contribution in [0.25, 0.3) is 22.8 Å². The molecule has 1 N–H and O–H groups in total. The van der Waals surface area contributed by atoms with Crippen LogP contribution in [-0.2, 0) is 0 Å². The molecular weight excluding hydrogens is 248 g/mol. The molecule has 2 heterocycles. The van der Waals surface area contributed by atoms with Crippen LogP contribution in [0.2, 0.25) is 0 Å². The highest BCUT2D eigenvalue weighted by atomic mass is 14.9. The number of pyridine rings is 1. The highest BCUT2D eigenvalue weighted by molar-refractivity contribution is 5.64. The van der Waals surface area contributed by atoms with Crippen molar-refractivity contribution in [1.29, 1.82) is 0 Å². The molecule has 4 heteroatoms. The van der Waals surface area contributed by atoms with Crippen LogP contribution in [0.4, 0.5) is 5.69 Å². The van der Waals surface area contributed by atoms with Crippen LogP contribution in [0.1, 0.15) is 0 Å². The molecule has 0 unspecified atom stereocenters. The first-order valence-electron chi connectivity index (χ1n) is 6.39. The fraction of sp³-hybridized carbons (Fsp3) is 0.0625. The third-order valence-electron chi connectivity index (χ3n) is 2.99.